The van der Waals surface area contributed by atoms with Gasteiger partial charge in [-0.2, -0.15) is 0 Å². The molecule has 2 aromatic rings. The fourth-order valence-corrected chi connectivity index (χ4v) is 3.27. The Morgan fingerprint density at radius 1 is 1.14 bits per heavy atom. The molecule has 0 saturated heterocycles. The van der Waals surface area contributed by atoms with Crippen LogP contribution in [0.15, 0.2) is 42.5 Å². The second kappa shape index (κ2) is 10.9. The number of nitrogens with one attached hydrogen (secondary N) is 1. The van der Waals surface area contributed by atoms with E-state index in [0.29, 0.717) is 30.3 Å². The zero-order valence-corrected chi connectivity index (χ0v) is 18.3. The molecule has 0 aromatic heterocycles. The third-order valence-electron chi connectivity index (χ3n) is 4.66. The molecule has 0 heterocycles. The van der Waals surface area contributed by atoms with Crippen LogP contribution in [0.3, 0.4) is 0 Å². The summed E-state index contributed by atoms with van der Waals surface area (Å²) < 4.78 is 5.70. The van der Waals surface area contributed by atoms with Crippen LogP contribution >= 0.6 is 11.6 Å². The first-order valence-corrected chi connectivity index (χ1v) is 10.2. The first-order chi connectivity index (χ1) is 13.8. The van der Waals surface area contributed by atoms with Crippen molar-refractivity contribution in [2.24, 2.45) is 0 Å². The Morgan fingerprint density at radius 3 is 2.52 bits per heavy atom. The summed E-state index contributed by atoms with van der Waals surface area (Å²) in [5.74, 6) is 0.178. The van der Waals surface area contributed by atoms with Crippen molar-refractivity contribution in [3.8, 4) is 5.75 Å². The van der Waals surface area contributed by atoms with Crippen molar-refractivity contribution in [2.75, 3.05) is 13.2 Å². The summed E-state index contributed by atoms with van der Waals surface area (Å²) in [5, 5.41) is 3.47. The summed E-state index contributed by atoms with van der Waals surface area (Å²) in [6.07, 6.45) is 0.517. The topological polar surface area (TPSA) is 58.6 Å². The van der Waals surface area contributed by atoms with Crippen LogP contribution in [0.5, 0.6) is 5.75 Å². The minimum absolute atomic E-state index is 0.150. The quantitative estimate of drug-likeness (QED) is 0.663. The van der Waals surface area contributed by atoms with Crippen LogP contribution in [0.1, 0.15) is 37.0 Å². The number of ether oxygens (including phenoxy) is 1. The van der Waals surface area contributed by atoms with E-state index in [4.69, 9.17) is 16.3 Å². The van der Waals surface area contributed by atoms with Crippen molar-refractivity contribution in [2.45, 2.75) is 46.7 Å². The fraction of sp³-hybridized carbons (Fsp3) is 0.391. The average molecular weight is 417 g/mol. The highest BCUT2D eigenvalue weighted by Gasteiger charge is 2.28. The Kier molecular flexibility index (Phi) is 8.52. The number of aryl methyl sites for hydroxylation is 2. The minimum atomic E-state index is -0.557. The van der Waals surface area contributed by atoms with Crippen LogP contribution in [0.25, 0.3) is 0 Å². The lowest BCUT2D eigenvalue weighted by molar-refractivity contribution is -0.142. The molecular weight excluding hydrogens is 388 g/mol. The lowest BCUT2D eigenvalue weighted by atomic mass is 10.1. The molecule has 0 bridgehead atoms. The Balaban J connectivity index is 2.20. The van der Waals surface area contributed by atoms with Crippen LogP contribution < -0.4 is 10.1 Å². The number of benzene rings is 2. The molecule has 0 spiro atoms. The van der Waals surface area contributed by atoms with Crippen LogP contribution in [-0.4, -0.2) is 35.9 Å². The first kappa shape index (κ1) is 22.8. The summed E-state index contributed by atoms with van der Waals surface area (Å²) in [7, 11) is 0. The van der Waals surface area contributed by atoms with Gasteiger partial charge in [-0.25, -0.2) is 0 Å². The molecule has 2 rings (SSSR count). The van der Waals surface area contributed by atoms with Gasteiger partial charge in [0.2, 0.25) is 5.91 Å². The van der Waals surface area contributed by atoms with E-state index < -0.39 is 6.04 Å². The van der Waals surface area contributed by atoms with Crippen molar-refractivity contribution in [1.82, 2.24) is 10.2 Å². The first-order valence-electron chi connectivity index (χ1n) is 9.87. The van der Waals surface area contributed by atoms with Gasteiger partial charge >= 0.3 is 0 Å². The molecule has 0 unspecified atom stereocenters. The number of halogens is 1. The molecule has 6 heteroatoms. The highest BCUT2D eigenvalue weighted by molar-refractivity contribution is 6.31. The fourth-order valence-electron chi connectivity index (χ4n) is 3.15. The Bertz CT molecular complexity index is 854. The molecule has 156 valence electrons. The molecule has 0 aliphatic rings. The number of nitrogens with zero attached hydrogens (tertiary/aromatic N) is 1. The molecule has 0 aliphatic heterocycles. The monoisotopic (exact) mass is 416 g/mol. The van der Waals surface area contributed by atoms with E-state index in [9.17, 15) is 9.59 Å². The lowest BCUT2D eigenvalue weighted by Gasteiger charge is -2.30. The van der Waals surface area contributed by atoms with Crippen LogP contribution in [0, 0.1) is 13.8 Å². The van der Waals surface area contributed by atoms with Crippen molar-refractivity contribution < 1.29 is 14.3 Å². The molecule has 1 N–H and O–H groups in total. The summed E-state index contributed by atoms with van der Waals surface area (Å²) >= 11 is 6.05. The highest BCUT2D eigenvalue weighted by atomic mass is 35.5. The standard InChI is InChI=1S/C23H29ClN2O3/c1-5-21(23(28)25-6-2)26(14-18-9-7-8-16(3)12-18)22(27)15-29-19-10-11-20(24)17(4)13-19/h7-13,21H,5-6,14-15H2,1-4H3,(H,25,28)/t21-/m0/s1. The van der Waals surface area contributed by atoms with E-state index in [2.05, 4.69) is 5.32 Å². The number of rotatable bonds is 9. The number of carbonyl (C=O) groups is 2. The molecule has 1 atom stereocenters. The zero-order valence-electron chi connectivity index (χ0n) is 17.5. The molecule has 2 aromatic carbocycles. The van der Waals surface area contributed by atoms with Crippen molar-refractivity contribution in [3.05, 3.63) is 64.2 Å². The Morgan fingerprint density at radius 2 is 1.90 bits per heavy atom. The van der Waals surface area contributed by atoms with Gasteiger partial charge in [0.25, 0.3) is 5.91 Å². The number of likely N-dealkylation sites (N-methyl/N-ethyl adjacent to an activating group) is 1. The van der Waals surface area contributed by atoms with Crippen LogP contribution in [0.2, 0.25) is 5.02 Å². The van der Waals surface area contributed by atoms with Gasteiger partial charge in [0.1, 0.15) is 11.8 Å². The third kappa shape index (κ3) is 6.50. The lowest BCUT2D eigenvalue weighted by Crippen LogP contribution is -2.50. The maximum Gasteiger partial charge on any atom is 0.261 e. The molecule has 0 saturated carbocycles. The highest BCUT2D eigenvalue weighted by Crippen LogP contribution is 2.21. The summed E-state index contributed by atoms with van der Waals surface area (Å²) in [4.78, 5) is 27.2. The largest absolute Gasteiger partial charge is 0.484 e. The molecule has 0 fully saturated rings. The van der Waals surface area contributed by atoms with E-state index in [1.165, 1.54) is 0 Å². The summed E-state index contributed by atoms with van der Waals surface area (Å²) in [6, 6.07) is 12.6. The minimum Gasteiger partial charge on any atom is -0.484 e. The number of carbonyl (C=O) groups excluding carboxylic acids is 2. The zero-order chi connectivity index (χ0) is 21.4. The second-order valence-corrected chi connectivity index (χ2v) is 7.44. The summed E-state index contributed by atoms with van der Waals surface area (Å²) in [6.45, 7) is 8.36. The SMILES string of the molecule is CCNC(=O)[C@H](CC)N(Cc1cccc(C)c1)C(=O)COc1ccc(Cl)c(C)c1. The van der Waals surface area contributed by atoms with E-state index in [1.807, 2.05) is 52.0 Å². The summed E-state index contributed by atoms with van der Waals surface area (Å²) in [5.41, 5.74) is 2.96. The normalized spacial score (nSPS) is 11.6. The van der Waals surface area contributed by atoms with Gasteiger partial charge in [-0.3, -0.25) is 9.59 Å². The average Bonchev–Trinajstić information content (AvgIpc) is 2.68. The van der Waals surface area contributed by atoms with Crippen molar-refractivity contribution in [3.63, 3.8) is 0 Å². The van der Waals surface area contributed by atoms with Crippen LogP contribution in [0.4, 0.5) is 0 Å². The molecule has 0 aliphatic carbocycles. The maximum atomic E-state index is 13.1. The third-order valence-corrected chi connectivity index (χ3v) is 5.09. The van der Waals surface area contributed by atoms with E-state index in [0.717, 1.165) is 16.7 Å². The molecule has 0 radical (unpaired) electrons. The predicted octanol–water partition coefficient (Wildman–Crippen LogP) is 4.28. The van der Waals surface area contributed by atoms with Crippen molar-refractivity contribution >= 4 is 23.4 Å². The molecule has 2 amide bonds. The molecular formula is C23H29ClN2O3. The van der Waals surface area contributed by atoms with Gasteiger partial charge in [-0.1, -0.05) is 48.4 Å². The molecule has 5 nitrogen and oxygen atoms in total. The van der Waals surface area contributed by atoms with E-state index in [1.54, 1.807) is 23.1 Å². The second-order valence-electron chi connectivity index (χ2n) is 7.03. The van der Waals surface area contributed by atoms with Crippen LogP contribution in [-0.2, 0) is 16.1 Å². The van der Waals surface area contributed by atoms with E-state index >= 15 is 0 Å². The van der Waals surface area contributed by atoms with Gasteiger partial charge in [-0.15, -0.1) is 0 Å². The van der Waals surface area contributed by atoms with Gasteiger partial charge in [0.15, 0.2) is 6.61 Å². The number of amides is 2. The Hall–Kier alpha value is -2.53. The number of hydrogen-bond acceptors (Lipinski definition) is 3. The predicted molar refractivity (Wildman–Crippen MR) is 116 cm³/mol. The van der Waals surface area contributed by atoms with Gasteiger partial charge in [-0.05, 0) is 56.5 Å². The molecule has 29 heavy (non-hydrogen) atoms. The van der Waals surface area contributed by atoms with E-state index in [-0.39, 0.29) is 18.4 Å². The van der Waals surface area contributed by atoms with Gasteiger partial charge in [0, 0.05) is 18.1 Å². The maximum absolute atomic E-state index is 13.1. The smallest absolute Gasteiger partial charge is 0.261 e. The number of hydrogen-bond donors (Lipinski definition) is 1. The van der Waals surface area contributed by atoms with Gasteiger partial charge < -0.3 is 15.0 Å². The van der Waals surface area contributed by atoms with Gasteiger partial charge in [0.05, 0.1) is 0 Å². The Labute approximate surface area is 178 Å². The van der Waals surface area contributed by atoms with Crippen molar-refractivity contribution in [1.29, 1.82) is 0 Å².